The number of aromatic nitrogens is 3. The molecule has 3 N–H and O–H groups in total. The van der Waals surface area contributed by atoms with Gasteiger partial charge in [0.05, 0.1) is 40.7 Å². The number of hydrogen-bond donors (Lipinski definition) is 0. The van der Waals surface area contributed by atoms with Crippen molar-refractivity contribution in [2.24, 2.45) is 0 Å². The van der Waals surface area contributed by atoms with E-state index in [0.29, 0.717) is 0 Å². The molecular weight excluding hydrogens is 991 g/mol. The molecule has 14 heteroatoms. The summed E-state index contributed by atoms with van der Waals surface area (Å²) in [6.07, 6.45) is 3.54. The summed E-state index contributed by atoms with van der Waals surface area (Å²) in [6, 6.07) is 36.3. The minimum atomic E-state index is -1.15. The first-order valence-electron chi connectivity index (χ1n) is 13.7. The van der Waals surface area contributed by atoms with Gasteiger partial charge in [0.25, 0.3) is 0 Å². The summed E-state index contributed by atoms with van der Waals surface area (Å²) in [6.45, 7) is 0. The number of aromatic carboxylic acids is 3. The average molecular weight is 1020 g/mol. The molecule has 6 aromatic rings. The third-order valence-corrected chi connectivity index (χ3v) is 7.43. The second kappa shape index (κ2) is 23.6. The zero-order chi connectivity index (χ0) is 34.9. The van der Waals surface area contributed by atoms with Crippen LogP contribution >= 0.6 is 47.8 Å². The number of carbonyl (C=O) groups is 3. The predicted octanol–water partition coefficient (Wildman–Crippen LogP) is 4.72. The molecule has 258 valence electrons. The number of nitrogens with zero attached hydrogens (tertiary/aromatic N) is 3. The molecule has 3 aromatic heterocycles. The standard InChI is InChI=1S/C15H11N3.3C7H5BrO2.Ho.H2O/c1-3-10-16-12(6-1)14-8-5-9-15(18-14)13-7-2-4-11-17-13;3*8-6-3-1-5(2-4-6)7(9)10;;/h1-11H;3*1-4H,(H,9,10);;1H2/q;;;;+3;/p-2. The maximum Gasteiger partial charge on any atom is 3.00 e. The first-order chi connectivity index (χ1) is 23.0. The van der Waals surface area contributed by atoms with Crippen LogP contribution in [0.5, 0.6) is 0 Å². The van der Waals surface area contributed by atoms with E-state index in [0.717, 1.165) is 36.2 Å². The molecule has 0 amide bonds. The number of pyridine rings is 3. The number of rotatable bonds is 5. The van der Waals surface area contributed by atoms with Crippen LogP contribution in [-0.4, -0.2) is 32.9 Å². The second-order valence-corrected chi connectivity index (χ2v) is 12.0. The monoisotopic (exact) mass is 1010 g/mol. The van der Waals surface area contributed by atoms with E-state index in [4.69, 9.17) is 0 Å². The number of halogens is 3. The third kappa shape index (κ3) is 15.8. The van der Waals surface area contributed by atoms with Crippen molar-refractivity contribution >= 4 is 65.7 Å². The van der Waals surface area contributed by atoms with Crippen LogP contribution in [0.2, 0.25) is 0 Å². The average Bonchev–Trinajstić information content (AvgIpc) is 3.10. The summed E-state index contributed by atoms with van der Waals surface area (Å²) in [5, 5.41) is 30.6. The van der Waals surface area contributed by atoms with Gasteiger partial charge in [-0.3, -0.25) is 9.97 Å². The summed E-state index contributed by atoms with van der Waals surface area (Å²) < 4.78 is 2.58. The quantitative estimate of drug-likeness (QED) is 0.174. The zero-order valence-electron chi connectivity index (χ0n) is 25.6. The van der Waals surface area contributed by atoms with Crippen LogP contribution in [0.15, 0.2) is 153 Å². The van der Waals surface area contributed by atoms with Crippen LogP contribution in [0, 0.1) is 37.7 Å². The number of carbonyl (C=O) groups excluding carboxylic acids is 3. The Balaban J connectivity index is 0.000000344. The van der Waals surface area contributed by atoms with Gasteiger partial charge in [0.1, 0.15) is 0 Å². The van der Waals surface area contributed by atoms with E-state index in [1.54, 1.807) is 48.8 Å². The van der Waals surface area contributed by atoms with Crippen LogP contribution in [0.3, 0.4) is 0 Å². The smallest absolute Gasteiger partial charge is 0.545 e. The molecule has 0 aliphatic heterocycles. The first kappa shape index (κ1) is 44.2. The summed E-state index contributed by atoms with van der Waals surface area (Å²) in [4.78, 5) is 43.7. The summed E-state index contributed by atoms with van der Waals surface area (Å²) in [5.41, 5.74) is 4.05. The molecule has 6 rings (SSSR count). The summed E-state index contributed by atoms with van der Waals surface area (Å²) in [7, 11) is 0. The Labute approximate surface area is 343 Å². The van der Waals surface area contributed by atoms with E-state index in [1.807, 2.05) is 54.6 Å². The van der Waals surface area contributed by atoms with Crippen molar-refractivity contribution < 1.29 is 72.9 Å². The van der Waals surface area contributed by atoms with E-state index in [2.05, 4.69) is 62.7 Å². The molecule has 3 heterocycles. The van der Waals surface area contributed by atoms with E-state index < -0.39 is 17.9 Å². The topological polar surface area (TPSA) is 192 Å². The van der Waals surface area contributed by atoms with E-state index in [9.17, 15) is 29.7 Å². The molecule has 0 aliphatic carbocycles. The molecule has 50 heavy (non-hydrogen) atoms. The van der Waals surface area contributed by atoms with Crippen molar-refractivity contribution in [1.82, 2.24) is 15.0 Å². The fraction of sp³-hybridized carbons (Fsp3) is 0. The van der Waals surface area contributed by atoms with Gasteiger partial charge in [0, 0.05) is 25.8 Å². The molecule has 0 fully saturated rings. The molecule has 0 atom stereocenters. The maximum atomic E-state index is 10.2. The predicted molar refractivity (Wildman–Crippen MR) is 191 cm³/mol. The number of hydrogen-bond acceptors (Lipinski definition) is 9. The Morgan fingerprint density at radius 3 is 0.940 bits per heavy atom. The van der Waals surface area contributed by atoms with Gasteiger partial charge in [0.2, 0.25) is 0 Å². The Morgan fingerprint density at radius 1 is 0.420 bits per heavy atom. The van der Waals surface area contributed by atoms with Crippen LogP contribution in [0.1, 0.15) is 31.1 Å². The first-order valence-corrected chi connectivity index (χ1v) is 16.1. The van der Waals surface area contributed by atoms with Gasteiger partial charge in [-0.15, -0.1) is 0 Å². The summed E-state index contributed by atoms with van der Waals surface area (Å²) >= 11 is 9.54. The van der Waals surface area contributed by atoms with Crippen molar-refractivity contribution in [1.29, 1.82) is 0 Å². The molecule has 0 bridgehead atoms. The zero-order valence-corrected chi connectivity index (χ0v) is 32.3. The van der Waals surface area contributed by atoms with Crippen molar-refractivity contribution in [3.05, 3.63) is 170 Å². The Morgan fingerprint density at radius 2 is 0.700 bits per heavy atom. The van der Waals surface area contributed by atoms with Gasteiger partial charge in [-0.2, -0.15) is 0 Å². The van der Waals surface area contributed by atoms with Crippen molar-refractivity contribution in [3.63, 3.8) is 0 Å². The summed E-state index contributed by atoms with van der Waals surface area (Å²) in [5.74, 6) is -3.44. The third-order valence-electron chi connectivity index (χ3n) is 5.84. The largest absolute Gasteiger partial charge is 3.00 e. The molecule has 0 aliphatic rings. The fourth-order valence-corrected chi connectivity index (χ4v) is 4.30. The van der Waals surface area contributed by atoms with Crippen molar-refractivity contribution in [2.75, 3.05) is 0 Å². The van der Waals surface area contributed by atoms with Gasteiger partial charge >= 0.3 is 37.7 Å². The van der Waals surface area contributed by atoms with Crippen LogP contribution in [0.4, 0.5) is 0 Å². The van der Waals surface area contributed by atoms with Gasteiger partial charge in [0.15, 0.2) is 0 Å². The van der Waals surface area contributed by atoms with Gasteiger partial charge in [-0.1, -0.05) is 102 Å². The Hall–Kier alpha value is -3.82. The molecule has 3 aromatic carbocycles. The van der Waals surface area contributed by atoms with Crippen LogP contribution < -0.4 is 15.3 Å². The second-order valence-electron chi connectivity index (χ2n) is 9.22. The molecule has 0 unspecified atom stereocenters. The Bertz CT molecular complexity index is 1730. The minimum absolute atomic E-state index is 0. The molecule has 0 spiro atoms. The van der Waals surface area contributed by atoms with Gasteiger partial charge in [-0.05, 0) is 89.5 Å². The van der Waals surface area contributed by atoms with E-state index >= 15 is 0 Å². The number of benzene rings is 3. The number of carboxylic acids is 3. The van der Waals surface area contributed by atoms with Crippen molar-refractivity contribution in [2.45, 2.75) is 0 Å². The SMILES string of the molecule is O=C([O-])c1ccc(Br)cc1.O=C([O-])c1ccc(Br)cc1.O=C([O-])c1ccc(Br)cc1.[Ho+3].[OH3+].c1ccc(-c2cccc(-c3ccccn3)n2)nc1. The molecule has 0 saturated carbocycles. The van der Waals surface area contributed by atoms with Crippen LogP contribution in [0.25, 0.3) is 22.8 Å². The maximum absolute atomic E-state index is 10.2. The number of carboxylic acid groups (broad SMARTS) is 3. The van der Waals surface area contributed by atoms with Crippen molar-refractivity contribution in [3.8, 4) is 22.8 Å². The van der Waals surface area contributed by atoms with E-state index in [-0.39, 0.29) is 59.9 Å². The molecule has 10 nitrogen and oxygen atoms in total. The van der Waals surface area contributed by atoms with Crippen LogP contribution in [-0.2, 0) is 5.48 Å². The minimum Gasteiger partial charge on any atom is -0.545 e. The normalized spacial score (nSPS) is 9.26. The van der Waals surface area contributed by atoms with Gasteiger partial charge in [-0.25, -0.2) is 4.98 Å². The molecular formula is C36H26Br3HoN3O7+. The fourth-order valence-electron chi connectivity index (χ4n) is 3.51. The van der Waals surface area contributed by atoms with E-state index in [1.165, 1.54) is 36.4 Å². The van der Waals surface area contributed by atoms with Gasteiger partial charge < -0.3 is 35.2 Å². The molecule has 0 radical (unpaired) electrons. The Kier molecular flexibility index (Phi) is 20.8. The molecule has 0 saturated heterocycles.